The van der Waals surface area contributed by atoms with Gasteiger partial charge in [-0.15, -0.1) is 0 Å². The van der Waals surface area contributed by atoms with Crippen LogP contribution in [0, 0.1) is 20.8 Å². The van der Waals surface area contributed by atoms with E-state index < -0.39 is 0 Å². The van der Waals surface area contributed by atoms with Crippen molar-refractivity contribution in [1.29, 1.82) is 0 Å². The quantitative estimate of drug-likeness (QED) is 0.369. The smallest absolute Gasteiger partial charge is 0.00729 e. The van der Waals surface area contributed by atoms with Crippen molar-refractivity contribution in [3.8, 4) is 22.3 Å². The molecule has 0 N–H and O–H groups in total. The highest BCUT2D eigenvalue weighted by Crippen LogP contribution is 2.41. The summed E-state index contributed by atoms with van der Waals surface area (Å²) in [6.07, 6.45) is 0. The van der Waals surface area contributed by atoms with Crippen LogP contribution in [0.5, 0.6) is 0 Å². The highest BCUT2D eigenvalue weighted by atomic mass is 14.2. The monoisotopic (exact) mass is 322 g/mol. The Kier molecular flexibility index (Phi) is 3.89. The summed E-state index contributed by atoms with van der Waals surface area (Å²) in [7, 11) is 0. The van der Waals surface area contributed by atoms with E-state index in [-0.39, 0.29) is 0 Å². The van der Waals surface area contributed by atoms with Crippen molar-refractivity contribution in [3.05, 3.63) is 95.6 Å². The van der Waals surface area contributed by atoms with Gasteiger partial charge in [0.05, 0.1) is 0 Å². The summed E-state index contributed by atoms with van der Waals surface area (Å²) >= 11 is 0. The molecule has 0 aliphatic rings. The van der Waals surface area contributed by atoms with E-state index in [0.717, 1.165) is 0 Å². The lowest BCUT2D eigenvalue weighted by molar-refractivity contribution is 1.35. The fourth-order valence-corrected chi connectivity index (χ4v) is 3.85. The van der Waals surface area contributed by atoms with Crippen molar-refractivity contribution in [2.45, 2.75) is 20.8 Å². The number of aryl methyl sites for hydroxylation is 1. The lowest BCUT2D eigenvalue weighted by atomic mass is 9.84. The second-order valence-corrected chi connectivity index (χ2v) is 6.78. The molecule has 0 heterocycles. The molecular weight excluding hydrogens is 300 g/mol. The standard InChI is InChI=1S/C25H22/c1-17-10-9-13-21(16-17)25-19(3)18(2)24(20-11-5-4-6-12-20)22-14-7-8-15-23(22)25/h4-16H,1-3H3. The van der Waals surface area contributed by atoms with Crippen molar-refractivity contribution in [1.82, 2.24) is 0 Å². The molecule has 0 bridgehead atoms. The van der Waals surface area contributed by atoms with E-state index >= 15 is 0 Å². The zero-order valence-electron chi connectivity index (χ0n) is 15.0. The molecule has 4 aromatic rings. The Bertz CT molecular complexity index is 1060. The van der Waals surface area contributed by atoms with Crippen LogP contribution in [0.4, 0.5) is 0 Å². The second kappa shape index (κ2) is 6.22. The van der Waals surface area contributed by atoms with Gasteiger partial charge in [-0.2, -0.15) is 0 Å². The fourth-order valence-electron chi connectivity index (χ4n) is 3.85. The van der Waals surface area contributed by atoms with Crippen LogP contribution >= 0.6 is 0 Å². The van der Waals surface area contributed by atoms with Gasteiger partial charge in [0.1, 0.15) is 0 Å². The van der Waals surface area contributed by atoms with Crippen LogP contribution in [0.3, 0.4) is 0 Å². The Morgan fingerprint density at radius 3 is 1.60 bits per heavy atom. The molecule has 0 unspecified atom stereocenters. The normalized spacial score (nSPS) is 11.0. The zero-order chi connectivity index (χ0) is 17.4. The van der Waals surface area contributed by atoms with Crippen molar-refractivity contribution < 1.29 is 0 Å². The molecule has 0 aromatic heterocycles. The van der Waals surface area contributed by atoms with Gasteiger partial charge >= 0.3 is 0 Å². The second-order valence-electron chi connectivity index (χ2n) is 6.78. The summed E-state index contributed by atoms with van der Waals surface area (Å²) in [5, 5.41) is 2.66. The molecule has 0 aliphatic heterocycles. The van der Waals surface area contributed by atoms with Gasteiger partial charge in [-0.3, -0.25) is 0 Å². The van der Waals surface area contributed by atoms with E-state index in [9.17, 15) is 0 Å². The molecule has 0 atom stereocenters. The van der Waals surface area contributed by atoms with Crippen molar-refractivity contribution in [2.24, 2.45) is 0 Å². The molecule has 0 aliphatic carbocycles. The van der Waals surface area contributed by atoms with Gasteiger partial charge in [0.25, 0.3) is 0 Å². The lowest BCUT2D eigenvalue weighted by Crippen LogP contribution is -1.95. The highest BCUT2D eigenvalue weighted by Gasteiger charge is 2.16. The maximum atomic E-state index is 2.29. The predicted octanol–water partition coefficient (Wildman–Crippen LogP) is 7.10. The van der Waals surface area contributed by atoms with Crippen molar-refractivity contribution in [2.75, 3.05) is 0 Å². The molecule has 122 valence electrons. The molecule has 0 fully saturated rings. The largest absolute Gasteiger partial charge is 0.0622 e. The van der Waals surface area contributed by atoms with Crippen LogP contribution in [0.2, 0.25) is 0 Å². The lowest BCUT2D eigenvalue weighted by Gasteiger charge is -2.19. The Morgan fingerprint density at radius 2 is 1.00 bits per heavy atom. The van der Waals surface area contributed by atoms with E-state index in [0.29, 0.717) is 0 Å². The summed E-state index contributed by atoms with van der Waals surface area (Å²) in [6.45, 7) is 6.67. The number of benzene rings is 4. The van der Waals surface area contributed by atoms with E-state index in [1.165, 1.54) is 49.7 Å². The Hall–Kier alpha value is -2.86. The minimum absolute atomic E-state index is 1.29. The first-order chi connectivity index (χ1) is 12.2. The third-order valence-electron chi connectivity index (χ3n) is 5.15. The Labute approximate surface area is 149 Å². The van der Waals surface area contributed by atoms with Crippen molar-refractivity contribution in [3.63, 3.8) is 0 Å². The topological polar surface area (TPSA) is 0 Å². The van der Waals surface area contributed by atoms with Crippen LogP contribution < -0.4 is 0 Å². The van der Waals surface area contributed by atoms with Gasteiger partial charge in [0, 0.05) is 0 Å². The van der Waals surface area contributed by atoms with E-state index in [1.54, 1.807) is 0 Å². The first kappa shape index (κ1) is 15.7. The van der Waals surface area contributed by atoms with Gasteiger partial charge in [0.15, 0.2) is 0 Å². The maximum absolute atomic E-state index is 2.29. The third kappa shape index (κ3) is 2.64. The van der Waals surface area contributed by atoms with Crippen LogP contribution in [0.1, 0.15) is 16.7 Å². The van der Waals surface area contributed by atoms with Gasteiger partial charge in [0.2, 0.25) is 0 Å². The van der Waals surface area contributed by atoms with Crippen LogP contribution in [-0.2, 0) is 0 Å². The molecule has 25 heavy (non-hydrogen) atoms. The summed E-state index contributed by atoms with van der Waals surface area (Å²) in [5.74, 6) is 0. The minimum Gasteiger partial charge on any atom is -0.0622 e. The van der Waals surface area contributed by atoms with E-state index in [2.05, 4.69) is 99.6 Å². The SMILES string of the molecule is Cc1cccc(-c2c(C)c(C)c(-c3ccccc3)c3ccccc23)c1. The number of hydrogen-bond donors (Lipinski definition) is 0. The highest BCUT2D eigenvalue weighted by molar-refractivity contribution is 6.07. The van der Waals surface area contributed by atoms with Crippen LogP contribution in [-0.4, -0.2) is 0 Å². The van der Waals surface area contributed by atoms with Gasteiger partial charge in [-0.05, 0) is 64.9 Å². The first-order valence-electron chi connectivity index (χ1n) is 8.81. The molecular formula is C25H22. The average Bonchev–Trinajstić information content (AvgIpc) is 2.64. The minimum atomic E-state index is 1.29. The number of hydrogen-bond acceptors (Lipinski definition) is 0. The summed E-state index contributed by atoms with van der Waals surface area (Å²) in [5.41, 5.74) is 9.32. The molecule has 0 spiro atoms. The molecule has 0 amide bonds. The van der Waals surface area contributed by atoms with Crippen molar-refractivity contribution >= 4 is 10.8 Å². The van der Waals surface area contributed by atoms with Crippen LogP contribution in [0.25, 0.3) is 33.0 Å². The van der Waals surface area contributed by atoms with E-state index in [4.69, 9.17) is 0 Å². The number of fused-ring (bicyclic) bond motifs is 1. The van der Waals surface area contributed by atoms with Gasteiger partial charge in [-0.25, -0.2) is 0 Å². The molecule has 0 saturated carbocycles. The molecule has 4 rings (SSSR count). The molecule has 0 nitrogen and oxygen atoms in total. The summed E-state index contributed by atoms with van der Waals surface area (Å²) in [4.78, 5) is 0. The first-order valence-corrected chi connectivity index (χ1v) is 8.81. The summed E-state index contributed by atoms with van der Waals surface area (Å²) in [6, 6.07) is 28.4. The van der Waals surface area contributed by atoms with Crippen LogP contribution in [0.15, 0.2) is 78.9 Å². The maximum Gasteiger partial charge on any atom is -0.00729 e. The molecule has 0 radical (unpaired) electrons. The number of rotatable bonds is 2. The van der Waals surface area contributed by atoms with Gasteiger partial charge < -0.3 is 0 Å². The average molecular weight is 322 g/mol. The third-order valence-corrected chi connectivity index (χ3v) is 5.15. The predicted molar refractivity (Wildman–Crippen MR) is 109 cm³/mol. The zero-order valence-corrected chi connectivity index (χ0v) is 15.0. The fraction of sp³-hybridized carbons (Fsp3) is 0.120. The molecule has 0 saturated heterocycles. The molecule has 4 aromatic carbocycles. The molecule has 0 heteroatoms. The Balaban J connectivity index is 2.13. The Morgan fingerprint density at radius 1 is 0.480 bits per heavy atom. The summed E-state index contributed by atoms with van der Waals surface area (Å²) < 4.78 is 0. The van der Waals surface area contributed by atoms with E-state index in [1.807, 2.05) is 0 Å². The van der Waals surface area contributed by atoms with Gasteiger partial charge in [-0.1, -0.05) is 84.4 Å².